The molecule has 18 heavy (non-hydrogen) atoms. The molecule has 98 valence electrons. The Morgan fingerprint density at radius 2 is 2.17 bits per heavy atom. The number of phenolic OH excluding ortho intramolecular Hbond substituents is 1. The summed E-state index contributed by atoms with van der Waals surface area (Å²) in [6.07, 6.45) is 0. The lowest BCUT2D eigenvalue weighted by atomic mass is 10.3. The Bertz CT molecular complexity index is 599. The minimum atomic E-state index is -3.94. The number of aromatic hydroxyl groups is 1. The van der Waals surface area contributed by atoms with Gasteiger partial charge in [0.05, 0.1) is 9.82 Å². The summed E-state index contributed by atoms with van der Waals surface area (Å²) in [5, 5.41) is 19.8. The van der Waals surface area contributed by atoms with Gasteiger partial charge < -0.3 is 5.11 Å². The van der Waals surface area contributed by atoms with Gasteiger partial charge in [-0.2, -0.15) is 0 Å². The fourth-order valence-electron chi connectivity index (χ4n) is 1.07. The first-order chi connectivity index (χ1) is 8.24. The summed E-state index contributed by atoms with van der Waals surface area (Å²) in [5.41, 5.74) is -0.692. The molecule has 0 aliphatic rings. The Hall–Kier alpha value is -1.64. The first-order valence-electron chi connectivity index (χ1n) is 4.54. The second-order valence-electron chi connectivity index (χ2n) is 3.25. The molecule has 0 amide bonds. The normalized spacial score (nSPS) is 11.2. The van der Waals surface area contributed by atoms with Crippen LogP contribution in [0.5, 0.6) is 5.75 Å². The molecule has 0 aromatic heterocycles. The molecule has 1 aromatic carbocycles. The molecule has 0 spiro atoms. The number of nitrogens with zero attached hydrogens (tertiary/aromatic N) is 1. The number of nitro benzene ring substituents is 1. The molecule has 2 N–H and O–H groups in total. The van der Waals surface area contributed by atoms with Crippen molar-refractivity contribution in [2.45, 2.75) is 4.90 Å². The number of hydrogen-bond donors (Lipinski definition) is 2. The van der Waals surface area contributed by atoms with Crippen molar-refractivity contribution < 1.29 is 18.4 Å². The Balaban J connectivity index is 3.14. The van der Waals surface area contributed by atoms with Crippen LogP contribution in [-0.4, -0.2) is 25.0 Å². The minimum Gasteiger partial charge on any atom is -0.502 e. The summed E-state index contributed by atoms with van der Waals surface area (Å²) in [5.74, 6) is -0.610. The van der Waals surface area contributed by atoms with Crippen LogP contribution >= 0.6 is 11.6 Å². The number of halogens is 1. The molecule has 0 atom stereocenters. The van der Waals surface area contributed by atoms with Crippen LogP contribution in [0.4, 0.5) is 5.69 Å². The Morgan fingerprint density at radius 1 is 1.56 bits per heavy atom. The largest absolute Gasteiger partial charge is 0.502 e. The van der Waals surface area contributed by atoms with E-state index in [-0.39, 0.29) is 16.5 Å². The molecule has 7 nitrogen and oxygen atoms in total. The van der Waals surface area contributed by atoms with E-state index in [1.54, 1.807) is 0 Å². The van der Waals surface area contributed by atoms with Crippen LogP contribution in [0.2, 0.25) is 0 Å². The number of nitrogens with one attached hydrogen (secondary N) is 1. The van der Waals surface area contributed by atoms with E-state index in [9.17, 15) is 23.6 Å². The third-order valence-electron chi connectivity index (χ3n) is 1.91. The molecular weight excluding hydrogens is 284 g/mol. The Labute approximate surface area is 108 Å². The van der Waals surface area contributed by atoms with Gasteiger partial charge in [0.1, 0.15) is 0 Å². The highest BCUT2D eigenvalue weighted by molar-refractivity contribution is 7.89. The predicted molar refractivity (Wildman–Crippen MR) is 64.9 cm³/mol. The highest BCUT2D eigenvalue weighted by Gasteiger charge is 2.20. The minimum absolute atomic E-state index is 0.0758. The van der Waals surface area contributed by atoms with Gasteiger partial charge in [0, 0.05) is 17.6 Å². The van der Waals surface area contributed by atoms with E-state index in [1.165, 1.54) is 0 Å². The first-order valence-corrected chi connectivity index (χ1v) is 6.40. The summed E-state index contributed by atoms with van der Waals surface area (Å²) in [4.78, 5) is 9.34. The monoisotopic (exact) mass is 292 g/mol. The zero-order valence-electron chi connectivity index (χ0n) is 8.96. The second-order valence-corrected chi connectivity index (χ2v) is 5.55. The van der Waals surface area contributed by atoms with Crippen LogP contribution < -0.4 is 4.72 Å². The molecule has 9 heteroatoms. The Kier molecular flexibility index (Phi) is 4.28. The van der Waals surface area contributed by atoms with Crippen LogP contribution in [0.25, 0.3) is 0 Å². The molecule has 0 radical (unpaired) electrons. The zero-order valence-corrected chi connectivity index (χ0v) is 10.5. The molecule has 0 fully saturated rings. The van der Waals surface area contributed by atoms with Crippen LogP contribution in [0.3, 0.4) is 0 Å². The number of nitro groups is 1. The van der Waals surface area contributed by atoms with Crippen molar-refractivity contribution >= 4 is 27.3 Å². The SMILES string of the molecule is C=C(Cl)CNS(=O)(=O)c1ccc(O)c([N+](=O)[O-])c1. The van der Waals surface area contributed by atoms with E-state index < -0.39 is 26.4 Å². The number of benzene rings is 1. The van der Waals surface area contributed by atoms with Crippen LogP contribution in [0, 0.1) is 10.1 Å². The molecule has 0 aliphatic heterocycles. The maximum atomic E-state index is 11.7. The molecule has 0 aliphatic carbocycles. The first kappa shape index (κ1) is 14.4. The molecule has 0 heterocycles. The maximum absolute atomic E-state index is 11.7. The van der Waals surface area contributed by atoms with Gasteiger partial charge >= 0.3 is 5.69 Å². The van der Waals surface area contributed by atoms with E-state index in [4.69, 9.17) is 11.6 Å². The van der Waals surface area contributed by atoms with Gasteiger partial charge in [0.25, 0.3) is 0 Å². The zero-order chi connectivity index (χ0) is 13.9. The van der Waals surface area contributed by atoms with E-state index >= 15 is 0 Å². The number of sulfonamides is 1. The van der Waals surface area contributed by atoms with Gasteiger partial charge in [-0.05, 0) is 12.1 Å². The fraction of sp³-hybridized carbons (Fsp3) is 0.111. The number of phenols is 1. The lowest BCUT2D eigenvalue weighted by molar-refractivity contribution is -0.386. The van der Waals surface area contributed by atoms with Crippen LogP contribution in [0.1, 0.15) is 0 Å². The summed E-state index contributed by atoms with van der Waals surface area (Å²) in [6, 6.07) is 2.73. The van der Waals surface area contributed by atoms with E-state index in [0.717, 1.165) is 18.2 Å². The lowest BCUT2D eigenvalue weighted by Gasteiger charge is -2.06. The smallest absolute Gasteiger partial charge is 0.312 e. The van der Waals surface area contributed by atoms with Crippen molar-refractivity contribution in [1.82, 2.24) is 4.72 Å². The molecular formula is C9H9ClN2O5S. The Morgan fingerprint density at radius 3 is 2.67 bits per heavy atom. The summed E-state index contributed by atoms with van der Waals surface area (Å²) < 4.78 is 25.5. The predicted octanol–water partition coefficient (Wildman–Crippen LogP) is 1.33. The van der Waals surface area contributed by atoms with Gasteiger partial charge in [-0.15, -0.1) is 0 Å². The second kappa shape index (κ2) is 5.34. The standard InChI is InChI=1S/C9H9ClN2O5S/c1-6(10)5-11-18(16,17)7-2-3-9(13)8(4-7)12(14)15/h2-4,11,13H,1,5H2. The van der Waals surface area contributed by atoms with Crippen LogP contribution in [0.15, 0.2) is 34.7 Å². The highest BCUT2D eigenvalue weighted by atomic mass is 35.5. The quantitative estimate of drug-likeness (QED) is 0.628. The van der Waals surface area contributed by atoms with Gasteiger partial charge in [0.15, 0.2) is 5.75 Å². The van der Waals surface area contributed by atoms with E-state index in [1.807, 2.05) is 0 Å². The topological polar surface area (TPSA) is 110 Å². The number of rotatable bonds is 5. The molecule has 0 bridgehead atoms. The fourth-order valence-corrected chi connectivity index (χ4v) is 2.26. The average molecular weight is 293 g/mol. The van der Waals surface area contributed by atoms with Crippen molar-refractivity contribution in [3.63, 3.8) is 0 Å². The summed E-state index contributed by atoms with van der Waals surface area (Å²) >= 11 is 5.41. The van der Waals surface area contributed by atoms with Crippen LogP contribution in [-0.2, 0) is 10.0 Å². The van der Waals surface area contributed by atoms with E-state index in [2.05, 4.69) is 11.3 Å². The third kappa shape index (κ3) is 3.42. The summed E-state index contributed by atoms with van der Waals surface area (Å²) in [6.45, 7) is 3.11. The van der Waals surface area contributed by atoms with Crippen molar-refractivity contribution in [2.75, 3.05) is 6.54 Å². The van der Waals surface area contributed by atoms with Crippen molar-refractivity contribution in [1.29, 1.82) is 0 Å². The van der Waals surface area contributed by atoms with Crippen molar-refractivity contribution in [3.05, 3.63) is 39.9 Å². The molecule has 1 rings (SSSR count). The van der Waals surface area contributed by atoms with Crippen molar-refractivity contribution in [2.24, 2.45) is 0 Å². The number of hydrogen-bond acceptors (Lipinski definition) is 5. The lowest BCUT2D eigenvalue weighted by Crippen LogP contribution is -2.24. The molecule has 0 saturated carbocycles. The summed E-state index contributed by atoms with van der Waals surface area (Å²) in [7, 11) is -3.94. The molecule has 0 saturated heterocycles. The average Bonchev–Trinajstić information content (AvgIpc) is 2.26. The molecule has 1 aromatic rings. The van der Waals surface area contributed by atoms with Gasteiger partial charge in [-0.1, -0.05) is 18.2 Å². The van der Waals surface area contributed by atoms with Gasteiger partial charge in [-0.25, -0.2) is 13.1 Å². The third-order valence-corrected chi connectivity index (χ3v) is 3.44. The highest BCUT2D eigenvalue weighted by Crippen LogP contribution is 2.28. The molecule has 0 unspecified atom stereocenters. The van der Waals surface area contributed by atoms with Crippen molar-refractivity contribution in [3.8, 4) is 5.75 Å². The van der Waals surface area contributed by atoms with Gasteiger partial charge in [-0.3, -0.25) is 10.1 Å². The van der Waals surface area contributed by atoms with E-state index in [0.29, 0.717) is 0 Å². The maximum Gasteiger partial charge on any atom is 0.312 e. The van der Waals surface area contributed by atoms with Gasteiger partial charge in [0.2, 0.25) is 10.0 Å².